The van der Waals surface area contributed by atoms with Crippen LogP contribution in [0.3, 0.4) is 0 Å². The van der Waals surface area contributed by atoms with Gasteiger partial charge in [0.25, 0.3) is 5.56 Å². The highest BCUT2D eigenvalue weighted by Gasteiger charge is 2.18. The van der Waals surface area contributed by atoms with Gasteiger partial charge in [-0.3, -0.25) is 9.36 Å². The lowest BCUT2D eigenvalue weighted by Crippen LogP contribution is -2.43. The third-order valence-corrected chi connectivity index (χ3v) is 1.99. The number of hydrogen-bond acceptors (Lipinski definition) is 5. The van der Waals surface area contributed by atoms with Gasteiger partial charge in [-0.05, 0) is 6.92 Å². The largest absolute Gasteiger partial charge is 0.461 e. The lowest BCUT2D eigenvalue weighted by molar-refractivity contribution is 0.0512. The molecule has 0 radical (unpaired) electrons. The molecule has 0 N–H and O–H groups in total. The summed E-state index contributed by atoms with van der Waals surface area (Å²) in [6, 6.07) is 0. The van der Waals surface area contributed by atoms with Crippen molar-refractivity contribution in [2.75, 3.05) is 6.61 Å². The van der Waals surface area contributed by atoms with Crippen molar-refractivity contribution in [3.05, 3.63) is 39.2 Å². The quantitative estimate of drug-likeness (QED) is 0.512. The lowest BCUT2D eigenvalue weighted by Gasteiger charge is -2.06. The molecule has 1 rings (SSSR count). The molecule has 0 bridgehead atoms. The first kappa shape index (κ1) is 12.9. The van der Waals surface area contributed by atoms with Gasteiger partial charge in [0.2, 0.25) is 5.69 Å². The number of hydrogen-bond donors (Lipinski definition) is 0. The number of ether oxygens (including phenoxy) is 1. The summed E-state index contributed by atoms with van der Waals surface area (Å²) < 4.78 is 6.46. The molecule has 0 spiro atoms. The Morgan fingerprint density at radius 1 is 1.53 bits per heavy atom. The van der Waals surface area contributed by atoms with Gasteiger partial charge in [-0.25, -0.2) is 14.3 Å². The Labute approximate surface area is 96.9 Å². The Kier molecular flexibility index (Phi) is 3.97. The van der Waals surface area contributed by atoms with Gasteiger partial charge >= 0.3 is 11.7 Å². The second kappa shape index (κ2) is 5.24. The molecule has 0 atom stereocenters. The smallest absolute Gasteiger partial charge is 0.364 e. The number of carbonyl (C=O) groups is 1. The van der Waals surface area contributed by atoms with Crippen molar-refractivity contribution in [2.45, 2.75) is 13.5 Å². The molecule has 0 fully saturated rings. The summed E-state index contributed by atoms with van der Waals surface area (Å²) in [4.78, 5) is 34.8. The van der Waals surface area contributed by atoms with Crippen LogP contribution in [-0.4, -0.2) is 26.9 Å². The zero-order valence-electron chi connectivity index (χ0n) is 9.67. The Morgan fingerprint density at radius 3 is 2.71 bits per heavy atom. The molecule has 1 aromatic rings. The molecule has 7 nitrogen and oxygen atoms in total. The average Bonchev–Trinajstić information content (AvgIpc) is 2.29. The van der Waals surface area contributed by atoms with Crippen LogP contribution in [0.4, 0.5) is 0 Å². The van der Waals surface area contributed by atoms with Crippen LogP contribution in [0.25, 0.3) is 0 Å². The average molecular weight is 239 g/mol. The van der Waals surface area contributed by atoms with E-state index in [-0.39, 0.29) is 13.2 Å². The highest BCUT2D eigenvalue weighted by molar-refractivity contribution is 5.86. The minimum absolute atomic E-state index is 0.0143. The van der Waals surface area contributed by atoms with Crippen LogP contribution in [-0.2, 0) is 18.3 Å². The molecule has 0 aromatic carbocycles. The van der Waals surface area contributed by atoms with Gasteiger partial charge in [0, 0.05) is 13.6 Å². The maximum Gasteiger partial charge on any atom is 0.364 e. The molecular weight excluding hydrogens is 226 g/mol. The number of nitrogens with zero attached hydrogens (tertiary/aromatic N) is 3. The zero-order valence-corrected chi connectivity index (χ0v) is 9.67. The van der Waals surface area contributed by atoms with Crippen LogP contribution in [0.2, 0.25) is 0 Å². The summed E-state index contributed by atoms with van der Waals surface area (Å²) in [5.41, 5.74) is -1.79. The van der Waals surface area contributed by atoms with Crippen LogP contribution in [0.1, 0.15) is 17.4 Å². The summed E-state index contributed by atoms with van der Waals surface area (Å²) in [6.07, 6.45) is 1.39. The van der Waals surface area contributed by atoms with Crippen molar-refractivity contribution >= 4 is 5.97 Å². The molecular formula is C10H13N3O4. The van der Waals surface area contributed by atoms with Crippen LogP contribution in [0.15, 0.2) is 22.2 Å². The highest BCUT2D eigenvalue weighted by atomic mass is 16.5. The number of aryl methyl sites for hydroxylation is 1. The predicted molar refractivity (Wildman–Crippen MR) is 59.9 cm³/mol. The van der Waals surface area contributed by atoms with E-state index in [2.05, 4.69) is 16.4 Å². The van der Waals surface area contributed by atoms with Gasteiger partial charge < -0.3 is 4.74 Å². The van der Waals surface area contributed by atoms with Crippen molar-refractivity contribution < 1.29 is 9.53 Å². The van der Waals surface area contributed by atoms with E-state index in [1.165, 1.54) is 13.1 Å². The highest BCUT2D eigenvalue weighted by Crippen LogP contribution is 1.89. The first-order valence-electron chi connectivity index (χ1n) is 4.99. The minimum atomic E-state index is -0.842. The Balaban J connectivity index is 3.44. The number of esters is 1. The molecule has 7 heteroatoms. The third kappa shape index (κ3) is 2.49. The first-order chi connectivity index (χ1) is 8.02. The first-order valence-corrected chi connectivity index (χ1v) is 4.99. The minimum Gasteiger partial charge on any atom is -0.461 e. The molecule has 0 saturated carbocycles. The molecule has 0 aliphatic carbocycles. The van der Waals surface area contributed by atoms with Gasteiger partial charge in [0.05, 0.1) is 6.61 Å². The predicted octanol–water partition coefficient (Wildman–Crippen LogP) is -0.695. The Morgan fingerprint density at radius 2 is 2.18 bits per heavy atom. The molecule has 17 heavy (non-hydrogen) atoms. The summed E-state index contributed by atoms with van der Waals surface area (Å²) in [6.45, 7) is 5.19. The van der Waals surface area contributed by atoms with Crippen molar-refractivity contribution in [1.29, 1.82) is 0 Å². The van der Waals surface area contributed by atoms with Crippen molar-refractivity contribution in [3.63, 3.8) is 0 Å². The van der Waals surface area contributed by atoms with Gasteiger partial charge in [-0.2, -0.15) is 5.10 Å². The van der Waals surface area contributed by atoms with Gasteiger partial charge in [0.15, 0.2) is 0 Å². The van der Waals surface area contributed by atoms with E-state index in [1.807, 2.05) is 0 Å². The van der Waals surface area contributed by atoms with Crippen LogP contribution < -0.4 is 11.2 Å². The SMILES string of the molecule is C=CCn1c(=O)c(C(=O)OCC)nn(C)c1=O. The Hall–Kier alpha value is -2.18. The second-order valence-corrected chi connectivity index (χ2v) is 3.18. The molecule has 0 aliphatic rings. The molecule has 1 heterocycles. The maximum absolute atomic E-state index is 11.8. The molecule has 0 unspecified atom stereocenters. The van der Waals surface area contributed by atoms with Crippen LogP contribution in [0.5, 0.6) is 0 Å². The molecule has 0 aliphatic heterocycles. The van der Waals surface area contributed by atoms with Gasteiger partial charge in [-0.1, -0.05) is 6.08 Å². The normalized spacial score (nSPS) is 10.0. The fourth-order valence-electron chi connectivity index (χ4n) is 1.24. The Bertz CT molecular complexity index is 556. The fraction of sp³-hybridized carbons (Fsp3) is 0.400. The maximum atomic E-state index is 11.8. The number of carbonyl (C=O) groups excluding carboxylic acids is 1. The van der Waals surface area contributed by atoms with Crippen molar-refractivity contribution in [3.8, 4) is 0 Å². The van der Waals surface area contributed by atoms with E-state index in [4.69, 9.17) is 0 Å². The topological polar surface area (TPSA) is 83.2 Å². The number of allylic oxidation sites excluding steroid dienone is 1. The summed E-state index contributed by atoms with van der Waals surface area (Å²) in [7, 11) is 1.35. The molecule has 92 valence electrons. The number of aromatic nitrogens is 3. The van der Waals surface area contributed by atoms with E-state index in [9.17, 15) is 14.4 Å². The molecule has 0 amide bonds. The standard InChI is InChI=1S/C10H13N3O4/c1-4-6-13-8(14)7(9(15)17-5-2)11-12(3)10(13)16/h4H,1,5-6H2,2-3H3. The summed E-state index contributed by atoms with van der Waals surface area (Å²) >= 11 is 0. The second-order valence-electron chi connectivity index (χ2n) is 3.18. The molecule has 0 saturated heterocycles. The van der Waals surface area contributed by atoms with Gasteiger partial charge in [0.1, 0.15) is 0 Å². The fourth-order valence-corrected chi connectivity index (χ4v) is 1.24. The third-order valence-electron chi connectivity index (χ3n) is 1.99. The monoisotopic (exact) mass is 239 g/mol. The zero-order chi connectivity index (χ0) is 13.0. The van der Waals surface area contributed by atoms with E-state index in [0.717, 1.165) is 9.25 Å². The lowest BCUT2D eigenvalue weighted by atomic mass is 10.4. The number of rotatable bonds is 4. The van der Waals surface area contributed by atoms with Crippen LogP contribution in [0, 0.1) is 0 Å². The van der Waals surface area contributed by atoms with Crippen molar-refractivity contribution in [1.82, 2.24) is 14.3 Å². The molecule has 1 aromatic heterocycles. The van der Waals surface area contributed by atoms with E-state index < -0.39 is 22.9 Å². The van der Waals surface area contributed by atoms with Crippen LogP contribution >= 0.6 is 0 Å². The summed E-state index contributed by atoms with van der Waals surface area (Å²) in [5.74, 6) is -0.842. The summed E-state index contributed by atoms with van der Waals surface area (Å²) in [5, 5.41) is 3.60. The van der Waals surface area contributed by atoms with Crippen molar-refractivity contribution in [2.24, 2.45) is 7.05 Å². The van der Waals surface area contributed by atoms with Gasteiger partial charge in [-0.15, -0.1) is 6.58 Å². The van der Waals surface area contributed by atoms with E-state index >= 15 is 0 Å². The van der Waals surface area contributed by atoms with E-state index in [0.29, 0.717) is 0 Å². The van der Waals surface area contributed by atoms with E-state index in [1.54, 1.807) is 6.92 Å².